The van der Waals surface area contributed by atoms with Gasteiger partial charge in [0.25, 0.3) is 0 Å². The van der Waals surface area contributed by atoms with Crippen molar-refractivity contribution in [3.05, 3.63) is 18.6 Å². The summed E-state index contributed by atoms with van der Waals surface area (Å²) >= 11 is 0. The van der Waals surface area contributed by atoms with Crippen molar-refractivity contribution in [2.75, 3.05) is 24.2 Å². The molecule has 1 unspecified atom stereocenters. The second-order valence-corrected chi connectivity index (χ2v) is 4.93. The van der Waals surface area contributed by atoms with Crippen LogP contribution in [0.5, 0.6) is 0 Å². The maximum absolute atomic E-state index is 5.77. The van der Waals surface area contributed by atoms with Crippen molar-refractivity contribution in [1.82, 2.24) is 14.4 Å². The van der Waals surface area contributed by atoms with Crippen molar-refractivity contribution in [2.24, 2.45) is 0 Å². The molecule has 0 aromatic carbocycles. The predicted octanol–water partition coefficient (Wildman–Crippen LogP) is 1.29. The molecule has 3 rings (SSSR count). The van der Waals surface area contributed by atoms with Crippen molar-refractivity contribution in [1.29, 1.82) is 0 Å². The molecule has 1 aliphatic heterocycles. The number of nitrogen functional groups attached to an aromatic ring is 1. The first-order valence-corrected chi connectivity index (χ1v) is 6.13. The molecule has 0 saturated carbocycles. The van der Waals surface area contributed by atoms with Crippen LogP contribution in [-0.2, 0) is 4.74 Å². The molecular weight excluding hydrogens is 230 g/mol. The number of imidazole rings is 1. The maximum atomic E-state index is 5.77. The van der Waals surface area contributed by atoms with Gasteiger partial charge in [0.1, 0.15) is 5.82 Å². The Labute approximate surface area is 105 Å². The third kappa shape index (κ3) is 1.99. The summed E-state index contributed by atoms with van der Waals surface area (Å²) in [7, 11) is 0. The van der Waals surface area contributed by atoms with Gasteiger partial charge >= 0.3 is 0 Å². The number of hydrogen-bond donors (Lipinski definition) is 2. The molecule has 3 heterocycles. The molecule has 1 atom stereocenters. The second-order valence-electron chi connectivity index (χ2n) is 4.93. The standard InChI is InChI=1S/C12H17N5O/c1-12(3-2-6-18-12)8-15-10-11-14-4-5-17(11)7-9(13)16-10/h4-5,7H,2-3,6,8,13H2,1H3,(H,15,16). The highest BCUT2D eigenvalue weighted by Gasteiger charge is 2.29. The van der Waals surface area contributed by atoms with Gasteiger partial charge in [0.05, 0.1) is 11.8 Å². The Morgan fingerprint density at radius 2 is 2.50 bits per heavy atom. The van der Waals surface area contributed by atoms with E-state index < -0.39 is 0 Å². The van der Waals surface area contributed by atoms with Crippen LogP contribution < -0.4 is 11.1 Å². The Morgan fingerprint density at radius 3 is 3.28 bits per heavy atom. The fourth-order valence-corrected chi connectivity index (χ4v) is 2.32. The summed E-state index contributed by atoms with van der Waals surface area (Å²) in [5.74, 6) is 1.18. The van der Waals surface area contributed by atoms with Gasteiger partial charge < -0.3 is 20.2 Å². The van der Waals surface area contributed by atoms with Crippen molar-refractivity contribution < 1.29 is 4.74 Å². The number of anilines is 2. The van der Waals surface area contributed by atoms with E-state index in [2.05, 4.69) is 22.2 Å². The van der Waals surface area contributed by atoms with Crippen LogP contribution in [0.15, 0.2) is 18.6 Å². The normalized spacial score (nSPS) is 23.6. The van der Waals surface area contributed by atoms with Crippen molar-refractivity contribution >= 4 is 17.3 Å². The fourth-order valence-electron chi connectivity index (χ4n) is 2.32. The van der Waals surface area contributed by atoms with Gasteiger partial charge in [-0.3, -0.25) is 0 Å². The summed E-state index contributed by atoms with van der Waals surface area (Å²) in [6, 6.07) is 0. The van der Waals surface area contributed by atoms with Gasteiger partial charge in [0.15, 0.2) is 11.5 Å². The van der Waals surface area contributed by atoms with Crippen molar-refractivity contribution in [2.45, 2.75) is 25.4 Å². The Kier molecular flexibility index (Phi) is 2.59. The highest BCUT2D eigenvalue weighted by molar-refractivity contribution is 5.64. The number of hydrogen-bond acceptors (Lipinski definition) is 5. The summed E-state index contributed by atoms with van der Waals surface area (Å²) in [6.45, 7) is 3.66. The van der Waals surface area contributed by atoms with Gasteiger partial charge in [-0.05, 0) is 19.8 Å². The minimum Gasteiger partial charge on any atom is -0.382 e. The van der Waals surface area contributed by atoms with Crippen LogP contribution in [0.2, 0.25) is 0 Å². The number of ether oxygens (including phenoxy) is 1. The summed E-state index contributed by atoms with van der Waals surface area (Å²) in [5.41, 5.74) is 6.44. The number of aromatic nitrogens is 3. The molecule has 3 N–H and O–H groups in total. The molecule has 1 aliphatic rings. The third-order valence-electron chi connectivity index (χ3n) is 3.32. The van der Waals surface area contributed by atoms with E-state index in [1.54, 1.807) is 12.4 Å². The number of nitrogens with two attached hydrogens (primary N) is 1. The number of fused-ring (bicyclic) bond motifs is 1. The van der Waals surface area contributed by atoms with Gasteiger partial charge in [-0.25, -0.2) is 9.97 Å². The first-order valence-electron chi connectivity index (χ1n) is 6.13. The monoisotopic (exact) mass is 247 g/mol. The average Bonchev–Trinajstić information content (AvgIpc) is 2.95. The van der Waals surface area contributed by atoms with Gasteiger partial charge in [-0.15, -0.1) is 0 Å². The summed E-state index contributed by atoms with van der Waals surface area (Å²) in [4.78, 5) is 8.56. The van der Waals surface area contributed by atoms with E-state index in [1.807, 2.05) is 10.6 Å². The lowest BCUT2D eigenvalue weighted by Gasteiger charge is -2.23. The van der Waals surface area contributed by atoms with Crippen LogP contribution in [0, 0.1) is 0 Å². The zero-order valence-corrected chi connectivity index (χ0v) is 10.4. The molecule has 0 bridgehead atoms. The summed E-state index contributed by atoms with van der Waals surface area (Å²) in [5, 5.41) is 3.30. The molecule has 0 spiro atoms. The Hall–Kier alpha value is -1.82. The molecule has 6 heteroatoms. The molecule has 0 aliphatic carbocycles. The molecule has 2 aromatic heterocycles. The van der Waals surface area contributed by atoms with Crippen LogP contribution in [0.4, 0.5) is 11.6 Å². The average molecular weight is 247 g/mol. The molecule has 6 nitrogen and oxygen atoms in total. The Morgan fingerprint density at radius 1 is 1.61 bits per heavy atom. The molecule has 0 amide bonds. The fraction of sp³-hybridized carbons (Fsp3) is 0.500. The lowest BCUT2D eigenvalue weighted by Crippen LogP contribution is -2.33. The minimum atomic E-state index is -0.115. The number of nitrogens with one attached hydrogen (secondary N) is 1. The van der Waals surface area contributed by atoms with Crippen LogP contribution in [0.25, 0.3) is 5.65 Å². The highest BCUT2D eigenvalue weighted by Crippen LogP contribution is 2.25. The van der Waals surface area contributed by atoms with Gasteiger partial charge in [-0.2, -0.15) is 0 Å². The van der Waals surface area contributed by atoms with E-state index in [4.69, 9.17) is 10.5 Å². The lowest BCUT2D eigenvalue weighted by molar-refractivity contribution is 0.0315. The molecule has 1 saturated heterocycles. The number of rotatable bonds is 3. The van der Waals surface area contributed by atoms with Crippen LogP contribution in [0.1, 0.15) is 19.8 Å². The lowest BCUT2D eigenvalue weighted by atomic mass is 10.0. The highest BCUT2D eigenvalue weighted by atomic mass is 16.5. The summed E-state index contributed by atoms with van der Waals surface area (Å²) < 4.78 is 7.60. The smallest absolute Gasteiger partial charge is 0.180 e. The van der Waals surface area contributed by atoms with Crippen LogP contribution in [0.3, 0.4) is 0 Å². The van der Waals surface area contributed by atoms with Gasteiger partial charge in [0.2, 0.25) is 0 Å². The molecule has 18 heavy (non-hydrogen) atoms. The SMILES string of the molecule is CC1(CNc2nc(N)cn3ccnc23)CCCO1. The van der Waals surface area contributed by atoms with Crippen LogP contribution in [-0.4, -0.2) is 33.1 Å². The minimum absolute atomic E-state index is 0.115. The maximum Gasteiger partial charge on any atom is 0.180 e. The van der Waals surface area contributed by atoms with E-state index in [0.29, 0.717) is 18.2 Å². The second kappa shape index (κ2) is 4.13. The quantitative estimate of drug-likeness (QED) is 0.854. The topological polar surface area (TPSA) is 77.5 Å². The first kappa shape index (κ1) is 11.3. The summed E-state index contributed by atoms with van der Waals surface area (Å²) in [6.07, 6.45) is 7.51. The van der Waals surface area contributed by atoms with E-state index in [-0.39, 0.29) is 5.60 Å². The van der Waals surface area contributed by atoms with E-state index in [0.717, 1.165) is 25.1 Å². The molecule has 2 aromatic rings. The zero-order chi connectivity index (χ0) is 12.6. The molecule has 96 valence electrons. The van der Waals surface area contributed by atoms with Gasteiger partial charge in [-0.1, -0.05) is 0 Å². The van der Waals surface area contributed by atoms with Gasteiger partial charge in [0, 0.05) is 25.5 Å². The van der Waals surface area contributed by atoms with Crippen molar-refractivity contribution in [3.63, 3.8) is 0 Å². The van der Waals surface area contributed by atoms with E-state index in [1.165, 1.54) is 0 Å². The largest absolute Gasteiger partial charge is 0.382 e. The Bertz CT molecular complexity index is 559. The van der Waals surface area contributed by atoms with E-state index in [9.17, 15) is 0 Å². The molecule has 1 fully saturated rings. The van der Waals surface area contributed by atoms with E-state index >= 15 is 0 Å². The molecular formula is C12H17N5O. The first-order chi connectivity index (χ1) is 8.66. The third-order valence-corrected chi connectivity index (χ3v) is 3.32. The predicted molar refractivity (Wildman–Crippen MR) is 69.5 cm³/mol. The van der Waals surface area contributed by atoms with Crippen molar-refractivity contribution in [3.8, 4) is 0 Å². The Balaban J connectivity index is 1.83. The van der Waals surface area contributed by atoms with Crippen LogP contribution >= 0.6 is 0 Å². The molecule has 0 radical (unpaired) electrons. The zero-order valence-electron chi connectivity index (χ0n) is 10.4. The number of nitrogens with zero attached hydrogens (tertiary/aromatic N) is 3.